The number of benzene rings is 1. The van der Waals surface area contributed by atoms with E-state index in [9.17, 15) is 9.18 Å². The van der Waals surface area contributed by atoms with E-state index in [1.165, 1.54) is 12.1 Å². The van der Waals surface area contributed by atoms with Crippen LogP contribution in [0.3, 0.4) is 0 Å². The lowest BCUT2D eigenvalue weighted by Gasteiger charge is -2.28. The van der Waals surface area contributed by atoms with Crippen molar-refractivity contribution in [2.24, 2.45) is 5.92 Å². The molecule has 2 aromatic heterocycles. The van der Waals surface area contributed by atoms with Crippen molar-refractivity contribution in [2.45, 2.75) is 12.7 Å². The van der Waals surface area contributed by atoms with E-state index < -0.39 is 6.29 Å². The normalized spacial score (nSPS) is 17.5. The summed E-state index contributed by atoms with van der Waals surface area (Å²) >= 11 is 0. The maximum atomic E-state index is 13.6. The third kappa shape index (κ3) is 7.19. The molecular weight excluding hydrogens is 479 g/mol. The quantitative estimate of drug-likeness (QED) is 0.378. The van der Waals surface area contributed by atoms with Crippen molar-refractivity contribution in [1.29, 1.82) is 0 Å². The molecule has 0 saturated carbocycles. The number of amides is 1. The van der Waals surface area contributed by atoms with Gasteiger partial charge in [-0.25, -0.2) is 14.4 Å². The SMILES string of the molecule is C=CCNC(=O)C1COC(Cc2nc(-c3ccc(F)cc3)c(-c3ccnc(OCCN(C)C)n3)[nH]2)OC1. The van der Waals surface area contributed by atoms with Gasteiger partial charge in [-0.2, -0.15) is 4.98 Å². The second-order valence-electron chi connectivity index (χ2n) is 8.82. The molecule has 10 nitrogen and oxygen atoms in total. The van der Waals surface area contributed by atoms with Crippen LogP contribution < -0.4 is 10.1 Å². The Labute approximate surface area is 214 Å². The predicted molar refractivity (Wildman–Crippen MR) is 135 cm³/mol. The zero-order valence-electron chi connectivity index (χ0n) is 20.9. The zero-order chi connectivity index (χ0) is 26.2. The predicted octanol–water partition coefficient (Wildman–Crippen LogP) is 2.45. The molecule has 0 aliphatic carbocycles. The molecule has 196 valence electrons. The van der Waals surface area contributed by atoms with Gasteiger partial charge in [0.2, 0.25) is 5.91 Å². The molecular formula is C26H31FN6O4. The van der Waals surface area contributed by atoms with E-state index in [0.717, 1.165) is 12.1 Å². The van der Waals surface area contributed by atoms with Gasteiger partial charge in [0, 0.05) is 24.8 Å². The van der Waals surface area contributed by atoms with Crippen molar-refractivity contribution >= 4 is 5.91 Å². The van der Waals surface area contributed by atoms with Crippen LogP contribution in [0.2, 0.25) is 0 Å². The molecule has 0 bridgehead atoms. The Morgan fingerprint density at radius 1 is 1.24 bits per heavy atom. The molecule has 1 aromatic carbocycles. The lowest BCUT2D eigenvalue weighted by atomic mass is 10.1. The number of H-pyrrole nitrogens is 1. The van der Waals surface area contributed by atoms with Gasteiger partial charge in [0.25, 0.3) is 0 Å². The molecule has 37 heavy (non-hydrogen) atoms. The molecule has 0 unspecified atom stereocenters. The molecule has 2 N–H and O–H groups in total. The van der Waals surface area contributed by atoms with E-state index in [2.05, 4.69) is 26.8 Å². The summed E-state index contributed by atoms with van der Waals surface area (Å²) < 4.78 is 30.9. The number of carbonyl (C=O) groups excluding carboxylic acids is 1. The molecule has 0 atom stereocenters. The minimum atomic E-state index is -0.571. The molecule has 1 fully saturated rings. The fourth-order valence-electron chi connectivity index (χ4n) is 3.68. The van der Waals surface area contributed by atoms with Crippen molar-refractivity contribution in [2.75, 3.05) is 47.0 Å². The van der Waals surface area contributed by atoms with Gasteiger partial charge in [0.05, 0.1) is 42.6 Å². The Morgan fingerprint density at radius 2 is 2.00 bits per heavy atom. The summed E-state index contributed by atoms with van der Waals surface area (Å²) in [6.07, 6.45) is 2.99. The summed E-state index contributed by atoms with van der Waals surface area (Å²) in [5, 5.41) is 2.75. The van der Waals surface area contributed by atoms with Crippen molar-refractivity contribution in [3.63, 3.8) is 0 Å². The van der Waals surface area contributed by atoms with Gasteiger partial charge in [-0.05, 0) is 44.4 Å². The fraction of sp³-hybridized carbons (Fsp3) is 0.385. The number of nitrogens with one attached hydrogen (secondary N) is 2. The van der Waals surface area contributed by atoms with Gasteiger partial charge in [-0.1, -0.05) is 6.08 Å². The highest BCUT2D eigenvalue weighted by Crippen LogP contribution is 2.30. The maximum Gasteiger partial charge on any atom is 0.316 e. The third-order valence-corrected chi connectivity index (χ3v) is 5.65. The van der Waals surface area contributed by atoms with Crippen LogP contribution in [0, 0.1) is 11.7 Å². The van der Waals surface area contributed by atoms with E-state index in [1.54, 1.807) is 30.5 Å². The monoisotopic (exact) mass is 510 g/mol. The number of carbonyl (C=O) groups is 1. The minimum absolute atomic E-state index is 0.135. The van der Waals surface area contributed by atoms with E-state index in [1.807, 2.05) is 19.0 Å². The topological polar surface area (TPSA) is 114 Å². The Morgan fingerprint density at radius 3 is 2.70 bits per heavy atom. The summed E-state index contributed by atoms with van der Waals surface area (Å²) in [6, 6.07) is 8.09. The van der Waals surface area contributed by atoms with E-state index in [-0.39, 0.29) is 36.9 Å². The molecule has 1 aliphatic rings. The van der Waals surface area contributed by atoms with Crippen LogP contribution in [0.4, 0.5) is 4.39 Å². The first-order valence-electron chi connectivity index (χ1n) is 12.0. The van der Waals surface area contributed by atoms with Gasteiger partial charge in [-0.15, -0.1) is 6.58 Å². The van der Waals surface area contributed by atoms with Crippen LogP contribution in [0.25, 0.3) is 22.6 Å². The molecule has 3 aromatic rings. The lowest BCUT2D eigenvalue weighted by Crippen LogP contribution is -2.42. The fourth-order valence-corrected chi connectivity index (χ4v) is 3.68. The molecule has 4 rings (SSSR count). The van der Waals surface area contributed by atoms with Crippen molar-refractivity contribution in [3.05, 3.63) is 60.8 Å². The number of ether oxygens (including phenoxy) is 3. The Kier molecular flexibility index (Phi) is 8.94. The van der Waals surface area contributed by atoms with E-state index in [4.69, 9.17) is 19.2 Å². The zero-order valence-corrected chi connectivity index (χ0v) is 20.9. The number of aromatic amines is 1. The van der Waals surface area contributed by atoms with Gasteiger partial charge in [0.1, 0.15) is 18.2 Å². The van der Waals surface area contributed by atoms with Gasteiger partial charge >= 0.3 is 6.01 Å². The van der Waals surface area contributed by atoms with Crippen LogP contribution >= 0.6 is 0 Å². The molecule has 1 saturated heterocycles. The van der Waals surface area contributed by atoms with Crippen molar-refractivity contribution in [3.8, 4) is 28.7 Å². The first-order valence-corrected chi connectivity index (χ1v) is 12.0. The van der Waals surface area contributed by atoms with Crippen LogP contribution in [0.5, 0.6) is 6.01 Å². The average Bonchev–Trinajstić information content (AvgIpc) is 3.32. The first-order chi connectivity index (χ1) is 17.9. The Hall–Kier alpha value is -3.67. The number of nitrogens with zero attached hydrogens (tertiary/aromatic N) is 4. The summed E-state index contributed by atoms with van der Waals surface area (Å²) in [5.41, 5.74) is 2.54. The van der Waals surface area contributed by atoms with Crippen LogP contribution in [-0.2, 0) is 20.7 Å². The number of hydrogen-bond donors (Lipinski definition) is 2. The van der Waals surface area contributed by atoms with Crippen LogP contribution in [0.15, 0.2) is 49.2 Å². The second kappa shape index (κ2) is 12.5. The number of aromatic nitrogens is 4. The Balaban J connectivity index is 1.52. The molecule has 3 heterocycles. The molecule has 0 radical (unpaired) electrons. The third-order valence-electron chi connectivity index (χ3n) is 5.65. The number of hydrogen-bond acceptors (Lipinski definition) is 8. The molecule has 11 heteroatoms. The maximum absolute atomic E-state index is 13.6. The first kappa shape index (κ1) is 26.4. The van der Waals surface area contributed by atoms with Gasteiger partial charge < -0.3 is 29.4 Å². The minimum Gasteiger partial charge on any atom is -0.462 e. The van der Waals surface area contributed by atoms with E-state index >= 15 is 0 Å². The summed E-state index contributed by atoms with van der Waals surface area (Å²) in [4.78, 5) is 31.0. The average molecular weight is 511 g/mol. The molecule has 0 spiro atoms. The summed E-state index contributed by atoms with van der Waals surface area (Å²) in [6.45, 7) is 5.64. The highest BCUT2D eigenvalue weighted by molar-refractivity contribution is 5.79. The standard InChI is InChI=1S/C26H31FN6O4/c1-4-10-28-25(34)18-15-36-22(37-16-18)14-21-31-23(17-5-7-19(27)8-6-17)24(32-21)20-9-11-29-26(30-20)35-13-12-33(2)3/h4-9,11,18,22H,1,10,12-16H2,2-3H3,(H,28,34)(H,31,32). The van der Waals surface area contributed by atoms with Crippen molar-refractivity contribution in [1.82, 2.24) is 30.2 Å². The summed E-state index contributed by atoms with van der Waals surface area (Å²) in [7, 11) is 3.92. The number of rotatable bonds is 11. The Bertz CT molecular complexity index is 1190. The number of halogens is 1. The molecule has 1 aliphatic heterocycles. The van der Waals surface area contributed by atoms with Crippen molar-refractivity contribution < 1.29 is 23.4 Å². The molecule has 1 amide bonds. The number of likely N-dealkylation sites (N-methyl/N-ethyl adjacent to an activating group) is 1. The van der Waals surface area contributed by atoms with E-state index in [0.29, 0.717) is 42.5 Å². The lowest BCUT2D eigenvalue weighted by molar-refractivity contribution is -0.200. The van der Waals surface area contributed by atoms with Gasteiger partial charge in [-0.3, -0.25) is 4.79 Å². The van der Waals surface area contributed by atoms with Gasteiger partial charge in [0.15, 0.2) is 6.29 Å². The highest BCUT2D eigenvalue weighted by atomic mass is 19.1. The van der Waals surface area contributed by atoms with Crippen LogP contribution in [-0.4, -0.2) is 84.0 Å². The highest BCUT2D eigenvalue weighted by Gasteiger charge is 2.28. The second-order valence-corrected chi connectivity index (χ2v) is 8.82. The summed E-state index contributed by atoms with van der Waals surface area (Å²) in [5.74, 6) is -0.257. The largest absolute Gasteiger partial charge is 0.462 e. The number of imidazole rings is 1. The smallest absolute Gasteiger partial charge is 0.316 e. The van der Waals surface area contributed by atoms with Crippen LogP contribution in [0.1, 0.15) is 5.82 Å².